The molecular formula is C15H23NO2. The molecule has 100 valence electrons. The number of hydrogen-bond donors (Lipinski definition) is 1. The van der Waals surface area contributed by atoms with Crippen LogP contribution < -0.4 is 10.1 Å². The molecule has 0 aromatic heterocycles. The van der Waals surface area contributed by atoms with Crippen molar-refractivity contribution in [3.05, 3.63) is 23.8 Å². The zero-order valence-electron chi connectivity index (χ0n) is 11.5. The largest absolute Gasteiger partial charge is 0.491 e. The van der Waals surface area contributed by atoms with Crippen LogP contribution >= 0.6 is 0 Å². The SMILES string of the molecule is Cc1cc(OC(C)C)ccc1NCC1CCOC1. The van der Waals surface area contributed by atoms with Crippen LogP contribution in [0.25, 0.3) is 0 Å². The quantitative estimate of drug-likeness (QED) is 0.869. The molecule has 0 saturated carbocycles. The van der Waals surface area contributed by atoms with E-state index in [0.717, 1.165) is 25.5 Å². The second-order valence-electron chi connectivity index (χ2n) is 5.25. The summed E-state index contributed by atoms with van der Waals surface area (Å²) in [6, 6.07) is 6.22. The summed E-state index contributed by atoms with van der Waals surface area (Å²) in [5.74, 6) is 1.59. The van der Waals surface area contributed by atoms with Crippen LogP contribution in [0.5, 0.6) is 5.75 Å². The predicted octanol–water partition coefficient (Wildman–Crippen LogP) is 3.23. The Balaban J connectivity index is 1.92. The molecule has 1 fully saturated rings. The van der Waals surface area contributed by atoms with Crippen molar-refractivity contribution < 1.29 is 9.47 Å². The second kappa shape index (κ2) is 6.10. The molecule has 1 heterocycles. The van der Waals surface area contributed by atoms with Crippen molar-refractivity contribution in [2.45, 2.75) is 33.3 Å². The third kappa shape index (κ3) is 3.64. The van der Waals surface area contributed by atoms with E-state index in [1.54, 1.807) is 0 Å². The van der Waals surface area contributed by atoms with Crippen LogP contribution in [0.2, 0.25) is 0 Å². The number of nitrogens with one attached hydrogen (secondary N) is 1. The van der Waals surface area contributed by atoms with E-state index < -0.39 is 0 Å². The zero-order valence-corrected chi connectivity index (χ0v) is 11.5. The van der Waals surface area contributed by atoms with Crippen molar-refractivity contribution in [2.24, 2.45) is 5.92 Å². The van der Waals surface area contributed by atoms with Crippen LogP contribution in [0.15, 0.2) is 18.2 Å². The fourth-order valence-electron chi connectivity index (χ4n) is 2.18. The number of ether oxygens (including phenoxy) is 2. The number of hydrogen-bond acceptors (Lipinski definition) is 3. The van der Waals surface area contributed by atoms with Crippen molar-refractivity contribution in [1.29, 1.82) is 0 Å². The third-order valence-corrected chi connectivity index (χ3v) is 3.17. The minimum atomic E-state index is 0.221. The van der Waals surface area contributed by atoms with Gasteiger partial charge in [-0.15, -0.1) is 0 Å². The molecule has 1 saturated heterocycles. The Kier molecular flexibility index (Phi) is 4.48. The van der Waals surface area contributed by atoms with E-state index in [-0.39, 0.29) is 6.10 Å². The summed E-state index contributed by atoms with van der Waals surface area (Å²) < 4.78 is 11.1. The third-order valence-electron chi connectivity index (χ3n) is 3.17. The predicted molar refractivity (Wildman–Crippen MR) is 74.4 cm³/mol. The van der Waals surface area contributed by atoms with E-state index in [0.29, 0.717) is 5.92 Å². The van der Waals surface area contributed by atoms with Crippen LogP contribution in [0.4, 0.5) is 5.69 Å². The molecule has 1 aliphatic rings. The first kappa shape index (κ1) is 13.2. The van der Waals surface area contributed by atoms with Gasteiger partial charge in [-0.2, -0.15) is 0 Å². The molecule has 3 nitrogen and oxygen atoms in total. The molecule has 1 aliphatic heterocycles. The Morgan fingerprint density at radius 1 is 1.44 bits per heavy atom. The highest BCUT2D eigenvalue weighted by molar-refractivity contribution is 5.53. The van der Waals surface area contributed by atoms with Crippen molar-refractivity contribution in [1.82, 2.24) is 0 Å². The van der Waals surface area contributed by atoms with Gasteiger partial charge in [0.1, 0.15) is 5.75 Å². The number of anilines is 1. The maximum atomic E-state index is 5.68. The molecule has 0 radical (unpaired) electrons. The molecule has 0 aliphatic carbocycles. The lowest BCUT2D eigenvalue weighted by atomic mass is 10.1. The average Bonchev–Trinajstić information content (AvgIpc) is 2.80. The normalized spacial score (nSPS) is 19.2. The zero-order chi connectivity index (χ0) is 13.0. The highest BCUT2D eigenvalue weighted by Crippen LogP contribution is 2.23. The summed E-state index contributed by atoms with van der Waals surface area (Å²) in [6.07, 6.45) is 1.39. The summed E-state index contributed by atoms with van der Waals surface area (Å²) in [7, 11) is 0. The molecule has 3 heteroatoms. The molecule has 1 aromatic rings. The summed E-state index contributed by atoms with van der Waals surface area (Å²) in [4.78, 5) is 0. The Labute approximate surface area is 109 Å². The van der Waals surface area contributed by atoms with Crippen LogP contribution in [0, 0.1) is 12.8 Å². The Morgan fingerprint density at radius 2 is 2.28 bits per heavy atom. The van der Waals surface area contributed by atoms with E-state index in [9.17, 15) is 0 Å². The van der Waals surface area contributed by atoms with Gasteiger partial charge in [0.05, 0.1) is 12.7 Å². The van der Waals surface area contributed by atoms with Gasteiger partial charge in [0, 0.05) is 24.8 Å². The fourth-order valence-corrected chi connectivity index (χ4v) is 2.18. The Hall–Kier alpha value is -1.22. The van der Waals surface area contributed by atoms with Crippen molar-refractivity contribution in [3.8, 4) is 5.75 Å². The van der Waals surface area contributed by atoms with Crippen molar-refractivity contribution >= 4 is 5.69 Å². The molecule has 1 unspecified atom stereocenters. The maximum absolute atomic E-state index is 5.68. The number of rotatable bonds is 5. The number of aryl methyl sites for hydroxylation is 1. The van der Waals surface area contributed by atoms with Gasteiger partial charge in [-0.3, -0.25) is 0 Å². The first-order valence-electron chi connectivity index (χ1n) is 6.74. The van der Waals surface area contributed by atoms with Crippen LogP contribution in [-0.2, 0) is 4.74 Å². The lowest BCUT2D eigenvalue weighted by molar-refractivity contribution is 0.187. The molecule has 0 amide bonds. The molecule has 2 rings (SSSR count). The van der Waals surface area contributed by atoms with E-state index in [1.807, 2.05) is 19.9 Å². The van der Waals surface area contributed by atoms with Gasteiger partial charge < -0.3 is 14.8 Å². The van der Waals surface area contributed by atoms with E-state index in [4.69, 9.17) is 9.47 Å². The average molecular weight is 249 g/mol. The summed E-state index contributed by atoms with van der Waals surface area (Å²) in [5.41, 5.74) is 2.42. The first-order valence-corrected chi connectivity index (χ1v) is 6.74. The Bertz CT molecular complexity index is 384. The molecule has 0 spiro atoms. The van der Waals surface area contributed by atoms with Crippen molar-refractivity contribution in [2.75, 3.05) is 25.1 Å². The topological polar surface area (TPSA) is 30.5 Å². The highest BCUT2D eigenvalue weighted by atomic mass is 16.5. The highest BCUT2D eigenvalue weighted by Gasteiger charge is 2.15. The van der Waals surface area contributed by atoms with Gasteiger partial charge in [0.15, 0.2) is 0 Å². The summed E-state index contributed by atoms with van der Waals surface area (Å²) in [5, 5.41) is 3.50. The number of benzene rings is 1. The van der Waals surface area contributed by atoms with Crippen LogP contribution in [0.1, 0.15) is 25.8 Å². The molecule has 0 bridgehead atoms. The van der Waals surface area contributed by atoms with E-state index in [2.05, 4.69) is 24.4 Å². The summed E-state index contributed by atoms with van der Waals surface area (Å²) in [6.45, 7) is 8.99. The first-order chi connectivity index (χ1) is 8.65. The monoisotopic (exact) mass is 249 g/mol. The molecule has 1 aromatic carbocycles. The van der Waals surface area contributed by atoms with Crippen LogP contribution in [-0.4, -0.2) is 25.9 Å². The molecule has 1 N–H and O–H groups in total. The molecular weight excluding hydrogens is 226 g/mol. The van der Waals surface area contributed by atoms with E-state index >= 15 is 0 Å². The van der Waals surface area contributed by atoms with E-state index in [1.165, 1.54) is 17.7 Å². The van der Waals surface area contributed by atoms with Gasteiger partial charge in [-0.05, 0) is 51.0 Å². The van der Waals surface area contributed by atoms with Gasteiger partial charge >= 0.3 is 0 Å². The van der Waals surface area contributed by atoms with Gasteiger partial charge in [-0.25, -0.2) is 0 Å². The van der Waals surface area contributed by atoms with Gasteiger partial charge in [0.25, 0.3) is 0 Å². The maximum Gasteiger partial charge on any atom is 0.120 e. The Morgan fingerprint density at radius 3 is 2.89 bits per heavy atom. The lowest BCUT2D eigenvalue weighted by Crippen LogP contribution is -2.14. The molecule has 1 atom stereocenters. The van der Waals surface area contributed by atoms with Gasteiger partial charge in [0.2, 0.25) is 0 Å². The minimum Gasteiger partial charge on any atom is -0.491 e. The fraction of sp³-hybridized carbons (Fsp3) is 0.600. The van der Waals surface area contributed by atoms with Crippen LogP contribution in [0.3, 0.4) is 0 Å². The second-order valence-corrected chi connectivity index (χ2v) is 5.25. The lowest BCUT2D eigenvalue weighted by Gasteiger charge is -2.15. The minimum absolute atomic E-state index is 0.221. The smallest absolute Gasteiger partial charge is 0.120 e. The standard InChI is InChI=1S/C15H23NO2/c1-11(2)18-14-4-5-15(12(3)8-14)16-9-13-6-7-17-10-13/h4-5,8,11,13,16H,6-7,9-10H2,1-3H3. The molecule has 18 heavy (non-hydrogen) atoms. The summed E-state index contributed by atoms with van der Waals surface area (Å²) >= 11 is 0. The van der Waals surface area contributed by atoms with Crippen molar-refractivity contribution in [3.63, 3.8) is 0 Å². The van der Waals surface area contributed by atoms with Gasteiger partial charge in [-0.1, -0.05) is 0 Å².